The van der Waals surface area contributed by atoms with Crippen LogP contribution in [-0.4, -0.2) is 30.6 Å². The van der Waals surface area contributed by atoms with Gasteiger partial charge in [-0.15, -0.1) is 11.3 Å². The van der Waals surface area contributed by atoms with Crippen molar-refractivity contribution in [1.29, 1.82) is 0 Å². The predicted molar refractivity (Wildman–Crippen MR) is 70.3 cm³/mol. The van der Waals surface area contributed by atoms with Gasteiger partial charge in [0.05, 0.1) is 12.6 Å². The van der Waals surface area contributed by atoms with Gasteiger partial charge in [-0.1, -0.05) is 0 Å². The van der Waals surface area contributed by atoms with Crippen LogP contribution in [0.1, 0.15) is 29.6 Å². The zero-order valence-corrected chi connectivity index (χ0v) is 11.5. The zero-order valence-electron chi connectivity index (χ0n) is 10.7. The van der Waals surface area contributed by atoms with E-state index < -0.39 is 6.04 Å². The highest BCUT2D eigenvalue weighted by molar-refractivity contribution is 7.09. The van der Waals surface area contributed by atoms with Crippen molar-refractivity contribution in [3.63, 3.8) is 0 Å². The fraction of sp³-hybridized carbons (Fsp3) is 0.667. The number of thiazole rings is 1. The first kappa shape index (κ1) is 13.5. The summed E-state index contributed by atoms with van der Waals surface area (Å²) >= 11 is 1.60. The Hall–Kier alpha value is -0.980. The van der Waals surface area contributed by atoms with E-state index in [9.17, 15) is 4.79 Å². The second-order valence-electron chi connectivity index (χ2n) is 4.71. The number of hydrogen-bond acceptors (Lipinski definition) is 5. The van der Waals surface area contributed by atoms with Gasteiger partial charge in [-0.3, -0.25) is 4.79 Å². The Morgan fingerprint density at radius 3 is 2.94 bits per heavy atom. The van der Waals surface area contributed by atoms with E-state index >= 15 is 0 Å². The Bertz CT molecular complexity index is 417. The molecule has 0 aliphatic heterocycles. The van der Waals surface area contributed by atoms with E-state index in [0.717, 1.165) is 23.5 Å². The smallest absolute Gasteiger partial charge is 0.239 e. The van der Waals surface area contributed by atoms with Crippen molar-refractivity contribution in [3.05, 3.63) is 16.1 Å². The van der Waals surface area contributed by atoms with Crippen molar-refractivity contribution in [2.75, 3.05) is 13.7 Å². The maximum atomic E-state index is 11.9. The first-order valence-corrected chi connectivity index (χ1v) is 6.96. The van der Waals surface area contributed by atoms with Crippen LogP contribution in [0, 0.1) is 12.8 Å². The van der Waals surface area contributed by atoms with Crippen LogP contribution in [0.4, 0.5) is 0 Å². The van der Waals surface area contributed by atoms with Gasteiger partial charge in [-0.05, 0) is 25.7 Å². The van der Waals surface area contributed by atoms with E-state index in [1.165, 1.54) is 7.11 Å². The van der Waals surface area contributed by atoms with Crippen LogP contribution < -0.4 is 11.1 Å². The number of nitrogens with one attached hydrogen (secondary N) is 1. The molecule has 100 valence electrons. The first-order valence-electron chi connectivity index (χ1n) is 6.08. The Kier molecular flexibility index (Phi) is 4.31. The van der Waals surface area contributed by atoms with Crippen molar-refractivity contribution in [1.82, 2.24) is 10.3 Å². The monoisotopic (exact) mass is 269 g/mol. The molecular formula is C12H19N3O2S. The minimum absolute atomic E-state index is 0.0131. The Morgan fingerprint density at radius 2 is 2.44 bits per heavy atom. The number of amides is 1. The number of carbonyl (C=O) groups is 1. The zero-order chi connectivity index (χ0) is 13.1. The molecule has 0 radical (unpaired) electrons. The molecule has 1 aliphatic rings. The SMILES string of the molecule is COCC(N)C(=O)NC(c1nc(C)cs1)C1CC1. The van der Waals surface area contributed by atoms with Crippen LogP contribution in [-0.2, 0) is 9.53 Å². The van der Waals surface area contributed by atoms with Gasteiger partial charge in [-0.25, -0.2) is 4.98 Å². The number of carbonyl (C=O) groups excluding carboxylic acids is 1. The van der Waals surface area contributed by atoms with Crippen LogP contribution in [0.15, 0.2) is 5.38 Å². The first-order chi connectivity index (χ1) is 8.61. The summed E-state index contributed by atoms with van der Waals surface area (Å²) in [6.45, 7) is 2.20. The minimum atomic E-state index is -0.614. The second-order valence-corrected chi connectivity index (χ2v) is 5.60. The Balaban J connectivity index is 2.01. The van der Waals surface area contributed by atoms with Crippen LogP contribution in [0.2, 0.25) is 0 Å². The van der Waals surface area contributed by atoms with Crippen molar-refractivity contribution in [3.8, 4) is 0 Å². The number of nitrogens with two attached hydrogens (primary N) is 1. The van der Waals surface area contributed by atoms with Crippen LogP contribution >= 0.6 is 11.3 Å². The summed E-state index contributed by atoms with van der Waals surface area (Å²) in [7, 11) is 1.54. The van der Waals surface area contributed by atoms with Crippen molar-refractivity contribution in [2.24, 2.45) is 11.7 Å². The van der Waals surface area contributed by atoms with Crippen LogP contribution in [0.25, 0.3) is 0 Å². The molecule has 0 spiro atoms. The van der Waals surface area contributed by atoms with Gasteiger partial charge < -0.3 is 15.8 Å². The summed E-state index contributed by atoms with van der Waals surface area (Å²) in [6.07, 6.45) is 2.28. The molecule has 2 rings (SSSR count). The molecule has 1 aromatic rings. The standard InChI is InChI=1S/C12H19N3O2S/c1-7-6-18-12(14-7)10(8-3-4-8)15-11(16)9(13)5-17-2/h6,8-10H,3-5,13H2,1-2H3,(H,15,16). The molecule has 0 saturated heterocycles. The lowest BCUT2D eigenvalue weighted by Crippen LogP contribution is -2.45. The number of rotatable bonds is 6. The maximum Gasteiger partial charge on any atom is 0.239 e. The van der Waals surface area contributed by atoms with Gasteiger partial charge >= 0.3 is 0 Å². The molecule has 1 amide bonds. The van der Waals surface area contributed by atoms with Gasteiger partial charge in [-0.2, -0.15) is 0 Å². The average molecular weight is 269 g/mol. The van der Waals surface area contributed by atoms with Crippen LogP contribution in [0.3, 0.4) is 0 Å². The molecule has 0 aromatic carbocycles. The van der Waals surface area contributed by atoms with E-state index in [2.05, 4.69) is 10.3 Å². The molecule has 3 N–H and O–H groups in total. The second kappa shape index (κ2) is 5.77. The number of aromatic nitrogens is 1. The third-order valence-corrected chi connectivity index (χ3v) is 4.02. The summed E-state index contributed by atoms with van der Waals surface area (Å²) < 4.78 is 4.89. The van der Waals surface area contributed by atoms with Gasteiger partial charge in [0.15, 0.2) is 0 Å². The number of ether oxygens (including phenoxy) is 1. The fourth-order valence-electron chi connectivity index (χ4n) is 1.84. The lowest BCUT2D eigenvalue weighted by Gasteiger charge is -2.18. The Morgan fingerprint density at radius 1 is 1.72 bits per heavy atom. The van der Waals surface area contributed by atoms with E-state index in [1.807, 2.05) is 12.3 Å². The molecule has 6 heteroatoms. The highest BCUT2D eigenvalue weighted by Gasteiger charge is 2.35. The van der Waals surface area contributed by atoms with Crippen LogP contribution in [0.5, 0.6) is 0 Å². The molecular weight excluding hydrogens is 250 g/mol. The van der Waals surface area contributed by atoms with E-state index in [0.29, 0.717) is 5.92 Å². The van der Waals surface area contributed by atoms with Gasteiger partial charge in [0, 0.05) is 18.2 Å². The van der Waals surface area contributed by atoms with E-state index in [1.54, 1.807) is 11.3 Å². The number of aryl methyl sites for hydroxylation is 1. The molecule has 18 heavy (non-hydrogen) atoms. The number of hydrogen-bond donors (Lipinski definition) is 2. The fourth-order valence-corrected chi connectivity index (χ4v) is 2.78. The van der Waals surface area contributed by atoms with Crippen molar-refractivity contribution in [2.45, 2.75) is 31.8 Å². The summed E-state index contributed by atoms with van der Waals surface area (Å²) in [4.78, 5) is 16.4. The van der Waals surface area contributed by atoms with E-state index in [4.69, 9.17) is 10.5 Å². The third-order valence-electron chi connectivity index (χ3n) is 2.98. The van der Waals surface area contributed by atoms with Gasteiger partial charge in [0.2, 0.25) is 5.91 Å². The topological polar surface area (TPSA) is 77.2 Å². The third kappa shape index (κ3) is 3.28. The lowest BCUT2D eigenvalue weighted by molar-refractivity contribution is -0.124. The summed E-state index contributed by atoms with van der Waals surface area (Å²) in [5, 5.41) is 5.98. The molecule has 5 nitrogen and oxygen atoms in total. The molecule has 1 aromatic heterocycles. The normalized spacial score (nSPS) is 18.4. The minimum Gasteiger partial charge on any atom is -0.383 e. The molecule has 1 saturated carbocycles. The molecule has 1 heterocycles. The Labute approximate surface area is 111 Å². The molecule has 2 unspecified atom stereocenters. The number of methoxy groups -OCH3 is 1. The van der Waals surface area contributed by atoms with Crippen molar-refractivity contribution < 1.29 is 9.53 Å². The highest BCUT2D eigenvalue weighted by Crippen LogP contribution is 2.41. The summed E-state index contributed by atoms with van der Waals surface area (Å²) in [5.41, 5.74) is 6.72. The maximum absolute atomic E-state index is 11.9. The van der Waals surface area contributed by atoms with Gasteiger partial charge in [0.1, 0.15) is 11.0 Å². The van der Waals surface area contributed by atoms with Gasteiger partial charge in [0.25, 0.3) is 0 Å². The largest absolute Gasteiger partial charge is 0.383 e. The lowest BCUT2D eigenvalue weighted by atomic mass is 10.1. The highest BCUT2D eigenvalue weighted by atomic mass is 32.1. The molecule has 2 atom stereocenters. The summed E-state index contributed by atoms with van der Waals surface area (Å²) in [6, 6.07) is -0.601. The van der Waals surface area contributed by atoms with E-state index in [-0.39, 0.29) is 18.6 Å². The molecule has 0 bridgehead atoms. The molecule has 1 fully saturated rings. The number of nitrogens with zero attached hydrogens (tertiary/aromatic N) is 1. The predicted octanol–water partition coefficient (Wildman–Crippen LogP) is 0.993. The quantitative estimate of drug-likeness (QED) is 0.807. The summed E-state index contributed by atoms with van der Waals surface area (Å²) in [5.74, 6) is 0.343. The average Bonchev–Trinajstić information content (AvgIpc) is 3.08. The molecule has 1 aliphatic carbocycles. The van der Waals surface area contributed by atoms with Crippen molar-refractivity contribution >= 4 is 17.2 Å².